The van der Waals surface area contributed by atoms with E-state index in [1.54, 1.807) is 9.80 Å². The number of unbranched alkanes of at least 4 members (excludes halogenated alkanes) is 10. The summed E-state index contributed by atoms with van der Waals surface area (Å²) in [7, 11) is 0. The maximum absolute atomic E-state index is 13.3. The Kier molecular flexibility index (Phi) is 12.3. The minimum absolute atomic E-state index is 0.0404. The van der Waals surface area contributed by atoms with Gasteiger partial charge in [0.25, 0.3) is 0 Å². The van der Waals surface area contributed by atoms with E-state index in [2.05, 4.69) is 13.8 Å². The van der Waals surface area contributed by atoms with E-state index in [-0.39, 0.29) is 6.67 Å². The average Bonchev–Trinajstić information content (AvgIpc) is 3.07. The van der Waals surface area contributed by atoms with Crippen LogP contribution in [0.4, 0.5) is 21.0 Å². The molecule has 6 heteroatoms. The van der Waals surface area contributed by atoms with Gasteiger partial charge in [0.05, 0.1) is 24.6 Å². The average molecular weight is 509 g/mol. The summed E-state index contributed by atoms with van der Waals surface area (Å²) in [6.45, 7) is 5.19. The third kappa shape index (κ3) is 8.51. The van der Waals surface area contributed by atoms with E-state index in [1.807, 2.05) is 48.5 Å². The van der Waals surface area contributed by atoms with E-state index in [4.69, 9.17) is 9.47 Å². The fourth-order valence-electron chi connectivity index (χ4n) is 4.72. The summed E-state index contributed by atoms with van der Waals surface area (Å²) in [5.74, 6) is 0. The molecular weight excluding hydrogens is 464 g/mol. The first-order chi connectivity index (χ1) is 18.2. The number of para-hydroxylation sites is 2. The van der Waals surface area contributed by atoms with Gasteiger partial charge in [-0.25, -0.2) is 9.59 Å². The zero-order chi connectivity index (χ0) is 26.3. The Morgan fingerprint density at radius 1 is 0.595 bits per heavy atom. The second kappa shape index (κ2) is 16.0. The van der Waals surface area contributed by atoms with Gasteiger partial charge in [0.1, 0.15) is 6.67 Å². The van der Waals surface area contributed by atoms with Crippen molar-refractivity contribution in [3.63, 3.8) is 0 Å². The third-order valence-corrected chi connectivity index (χ3v) is 6.85. The molecule has 37 heavy (non-hydrogen) atoms. The number of ether oxygens (including phenoxy) is 2. The smallest absolute Gasteiger partial charge is 0.415 e. The van der Waals surface area contributed by atoms with Crippen molar-refractivity contribution in [1.29, 1.82) is 0 Å². The molecule has 0 fully saturated rings. The summed E-state index contributed by atoms with van der Waals surface area (Å²) in [6, 6.07) is 15.5. The maximum Gasteiger partial charge on any atom is 0.415 e. The van der Waals surface area contributed by atoms with Crippen LogP contribution >= 0.6 is 0 Å². The minimum Gasteiger partial charge on any atom is -0.449 e. The van der Waals surface area contributed by atoms with Gasteiger partial charge in [-0.2, -0.15) is 0 Å². The van der Waals surface area contributed by atoms with Crippen LogP contribution in [0.1, 0.15) is 90.9 Å². The number of hydrogen-bond acceptors (Lipinski definition) is 4. The molecule has 2 aromatic rings. The lowest BCUT2D eigenvalue weighted by Crippen LogP contribution is -2.44. The molecule has 0 aromatic heterocycles. The van der Waals surface area contributed by atoms with Gasteiger partial charge < -0.3 is 9.47 Å². The second-order valence-corrected chi connectivity index (χ2v) is 9.80. The predicted octanol–water partition coefficient (Wildman–Crippen LogP) is 8.93. The number of fused-ring (bicyclic) bond motifs is 3. The van der Waals surface area contributed by atoms with Gasteiger partial charge >= 0.3 is 12.2 Å². The van der Waals surface area contributed by atoms with E-state index in [1.165, 1.54) is 38.5 Å². The zero-order valence-electron chi connectivity index (χ0n) is 22.8. The van der Waals surface area contributed by atoms with Gasteiger partial charge in [0.2, 0.25) is 0 Å². The van der Waals surface area contributed by atoms with Crippen molar-refractivity contribution in [2.24, 2.45) is 0 Å². The van der Waals surface area contributed by atoms with Gasteiger partial charge in [-0.15, -0.1) is 0 Å². The number of benzene rings is 2. The van der Waals surface area contributed by atoms with E-state index in [0.29, 0.717) is 13.2 Å². The molecule has 0 radical (unpaired) electrons. The van der Waals surface area contributed by atoms with Gasteiger partial charge in [-0.1, -0.05) is 114 Å². The third-order valence-electron chi connectivity index (χ3n) is 6.85. The van der Waals surface area contributed by atoms with Crippen LogP contribution in [0.3, 0.4) is 0 Å². The Morgan fingerprint density at radius 2 is 0.973 bits per heavy atom. The standard InChI is InChI=1S/C31H44N2O4/c1-3-5-7-9-11-17-23-36-30(34)32-25-33(31(35)37-24-18-12-10-8-6-4-2)29-22-16-14-20-27(29)26-19-13-15-21-28(26)32/h13-16,19-22H,3-12,17-18,23-25H2,1-2H3. The Bertz CT molecular complexity index is 900. The van der Waals surface area contributed by atoms with Crippen LogP contribution in [0.15, 0.2) is 48.5 Å². The van der Waals surface area contributed by atoms with Crippen molar-refractivity contribution in [3.05, 3.63) is 48.5 Å². The lowest BCUT2D eigenvalue weighted by Gasteiger charge is -2.27. The normalized spacial score (nSPS) is 12.5. The summed E-state index contributed by atoms with van der Waals surface area (Å²) in [4.78, 5) is 29.7. The molecule has 0 spiro atoms. The Hall–Kier alpha value is -3.02. The number of rotatable bonds is 14. The van der Waals surface area contributed by atoms with Gasteiger partial charge in [-0.05, 0) is 25.0 Å². The fourth-order valence-corrected chi connectivity index (χ4v) is 4.72. The quantitative estimate of drug-likeness (QED) is 0.239. The molecular formula is C31H44N2O4. The van der Waals surface area contributed by atoms with Crippen molar-refractivity contribution in [2.75, 3.05) is 29.7 Å². The van der Waals surface area contributed by atoms with Gasteiger partial charge in [0.15, 0.2) is 0 Å². The number of anilines is 2. The minimum atomic E-state index is -0.442. The van der Waals surface area contributed by atoms with Crippen LogP contribution in [0, 0.1) is 0 Å². The molecule has 0 saturated heterocycles. The molecule has 1 heterocycles. The molecule has 2 amide bonds. The highest BCUT2D eigenvalue weighted by Crippen LogP contribution is 2.40. The molecule has 0 aliphatic carbocycles. The molecule has 3 rings (SSSR count). The van der Waals surface area contributed by atoms with Crippen molar-refractivity contribution in [1.82, 2.24) is 0 Å². The molecule has 202 valence electrons. The van der Waals surface area contributed by atoms with Crippen LogP contribution in [0.25, 0.3) is 11.1 Å². The van der Waals surface area contributed by atoms with E-state index in [9.17, 15) is 9.59 Å². The highest BCUT2D eigenvalue weighted by molar-refractivity contribution is 6.03. The first-order valence-corrected chi connectivity index (χ1v) is 14.2. The number of carbonyl (C=O) groups is 2. The molecule has 0 unspecified atom stereocenters. The maximum atomic E-state index is 13.3. The highest BCUT2D eigenvalue weighted by Gasteiger charge is 2.32. The largest absolute Gasteiger partial charge is 0.449 e. The van der Waals surface area contributed by atoms with Crippen LogP contribution < -0.4 is 9.80 Å². The molecule has 0 atom stereocenters. The monoisotopic (exact) mass is 508 g/mol. The summed E-state index contributed by atoms with van der Waals surface area (Å²) < 4.78 is 11.4. The Labute approximate surface area is 222 Å². The number of hydrogen-bond donors (Lipinski definition) is 0. The van der Waals surface area contributed by atoms with Crippen LogP contribution in [0.5, 0.6) is 0 Å². The first kappa shape index (κ1) is 28.5. The zero-order valence-corrected chi connectivity index (χ0v) is 22.8. The number of nitrogens with zero attached hydrogens (tertiary/aromatic N) is 2. The summed E-state index contributed by atoms with van der Waals surface area (Å²) in [5, 5.41) is 0. The molecule has 0 bridgehead atoms. The van der Waals surface area contributed by atoms with Crippen LogP contribution in [0.2, 0.25) is 0 Å². The first-order valence-electron chi connectivity index (χ1n) is 14.2. The summed E-state index contributed by atoms with van der Waals surface area (Å²) in [6.07, 6.45) is 12.6. The molecule has 2 aromatic carbocycles. The molecule has 6 nitrogen and oxygen atoms in total. The summed E-state index contributed by atoms with van der Waals surface area (Å²) >= 11 is 0. The van der Waals surface area contributed by atoms with Crippen LogP contribution in [-0.2, 0) is 9.47 Å². The predicted molar refractivity (Wildman–Crippen MR) is 151 cm³/mol. The highest BCUT2D eigenvalue weighted by atomic mass is 16.6. The lowest BCUT2D eigenvalue weighted by molar-refractivity contribution is 0.146. The van der Waals surface area contributed by atoms with Gasteiger partial charge in [0, 0.05) is 11.1 Å². The summed E-state index contributed by atoms with van der Waals surface area (Å²) in [5.41, 5.74) is 3.24. The lowest BCUT2D eigenvalue weighted by atomic mass is 10.0. The van der Waals surface area contributed by atoms with Crippen molar-refractivity contribution in [2.45, 2.75) is 90.9 Å². The molecule has 0 N–H and O–H groups in total. The molecule has 1 aliphatic heterocycles. The van der Waals surface area contributed by atoms with E-state index in [0.717, 1.165) is 61.0 Å². The SMILES string of the molecule is CCCCCCCCOC(=O)N1CN(C(=O)OCCCCCCCC)c2ccccc2-c2ccccc21. The van der Waals surface area contributed by atoms with Gasteiger partial charge in [-0.3, -0.25) is 9.80 Å². The van der Waals surface area contributed by atoms with E-state index >= 15 is 0 Å². The molecule has 0 saturated carbocycles. The van der Waals surface area contributed by atoms with Crippen molar-refractivity contribution >= 4 is 23.6 Å². The molecule has 1 aliphatic rings. The topological polar surface area (TPSA) is 59.1 Å². The fraction of sp³-hybridized carbons (Fsp3) is 0.548. The Balaban J connectivity index is 1.69. The number of carbonyl (C=O) groups excluding carboxylic acids is 2. The number of amides is 2. The van der Waals surface area contributed by atoms with Crippen LogP contribution in [-0.4, -0.2) is 32.1 Å². The van der Waals surface area contributed by atoms with Crippen molar-refractivity contribution in [3.8, 4) is 11.1 Å². The van der Waals surface area contributed by atoms with Crippen molar-refractivity contribution < 1.29 is 19.1 Å². The van der Waals surface area contributed by atoms with E-state index < -0.39 is 12.2 Å². The Morgan fingerprint density at radius 3 is 1.41 bits per heavy atom. The second-order valence-electron chi connectivity index (χ2n) is 9.80.